The fourth-order valence-corrected chi connectivity index (χ4v) is 5.43. The molecule has 1 saturated carbocycles. The standard InChI is InChI=1S/C24H23BrF2N8O/c25-21-16-9-30-24(31-14-4-3-13(6-14)23(36)32-19-11-28-10-18(19)27)33-22(16)35(34-21)15-7-12-2-1-5-29-20(12)17(26)8-15/h1-2,5,7-9,13-14,18-19,28H,3-4,6,10-11H2,(H,32,36)(H,30,31,33)/t13-,14-,18-,19-/m1/s1. The largest absolute Gasteiger partial charge is 0.351 e. The third-order valence-corrected chi connectivity index (χ3v) is 7.46. The molecule has 2 fully saturated rings. The van der Waals surface area contributed by atoms with Crippen LogP contribution in [0.3, 0.4) is 0 Å². The second-order valence-corrected chi connectivity index (χ2v) is 10.0. The minimum absolute atomic E-state index is 0.00470. The number of aromatic nitrogens is 5. The summed E-state index contributed by atoms with van der Waals surface area (Å²) < 4.78 is 30.7. The first-order valence-corrected chi connectivity index (χ1v) is 12.6. The maximum atomic E-state index is 14.7. The van der Waals surface area contributed by atoms with E-state index >= 15 is 0 Å². The molecule has 1 aliphatic heterocycles. The summed E-state index contributed by atoms with van der Waals surface area (Å²) >= 11 is 3.45. The van der Waals surface area contributed by atoms with Gasteiger partial charge in [0.05, 0.1) is 17.1 Å². The minimum Gasteiger partial charge on any atom is -0.351 e. The fraction of sp³-hybridized carbons (Fsp3) is 0.375. The Balaban J connectivity index is 1.22. The van der Waals surface area contributed by atoms with Gasteiger partial charge in [0.15, 0.2) is 11.5 Å². The zero-order valence-electron chi connectivity index (χ0n) is 19.1. The van der Waals surface area contributed by atoms with E-state index in [1.54, 1.807) is 29.2 Å². The molecule has 1 amide bonds. The first-order valence-electron chi connectivity index (χ1n) is 11.8. The summed E-state index contributed by atoms with van der Waals surface area (Å²) in [6.07, 6.45) is 4.24. The number of carbonyl (C=O) groups is 1. The summed E-state index contributed by atoms with van der Waals surface area (Å²) in [5.74, 6) is -0.346. The van der Waals surface area contributed by atoms with Crippen LogP contribution in [-0.4, -0.2) is 62.0 Å². The number of benzene rings is 1. The van der Waals surface area contributed by atoms with E-state index in [-0.39, 0.29) is 24.4 Å². The maximum Gasteiger partial charge on any atom is 0.224 e. The summed E-state index contributed by atoms with van der Waals surface area (Å²) in [5, 5.41) is 14.9. The van der Waals surface area contributed by atoms with Crippen LogP contribution in [0.15, 0.2) is 41.3 Å². The van der Waals surface area contributed by atoms with Gasteiger partial charge in [-0.15, -0.1) is 0 Å². The molecule has 1 aliphatic carbocycles. The van der Waals surface area contributed by atoms with Crippen molar-refractivity contribution >= 4 is 49.7 Å². The van der Waals surface area contributed by atoms with E-state index in [9.17, 15) is 13.6 Å². The summed E-state index contributed by atoms with van der Waals surface area (Å²) in [4.78, 5) is 25.8. The molecule has 1 aromatic carbocycles. The molecule has 36 heavy (non-hydrogen) atoms. The Hall–Kier alpha value is -3.25. The van der Waals surface area contributed by atoms with Gasteiger partial charge in [-0.2, -0.15) is 10.1 Å². The number of nitrogens with one attached hydrogen (secondary N) is 3. The number of carbonyl (C=O) groups excluding carboxylic acids is 1. The molecule has 3 aromatic heterocycles. The molecule has 0 bridgehead atoms. The smallest absolute Gasteiger partial charge is 0.224 e. The van der Waals surface area contributed by atoms with Gasteiger partial charge in [-0.05, 0) is 47.3 Å². The lowest BCUT2D eigenvalue weighted by Gasteiger charge is -2.18. The lowest BCUT2D eigenvalue weighted by atomic mass is 10.1. The predicted molar refractivity (Wildman–Crippen MR) is 134 cm³/mol. The van der Waals surface area contributed by atoms with Crippen LogP contribution >= 0.6 is 15.9 Å². The number of amides is 1. The molecule has 186 valence electrons. The lowest BCUT2D eigenvalue weighted by Crippen LogP contribution is -2.43. The van der Waals surface area contributed by atoms with E-state index in [4.69, 9.17) is 0 Å². The highest BCUT2D eigenvalue weighted by Gasteiger charge is 2.34. The first-order chi connectivity index (χ1) is 17.5. The number of anilines is 1. The second kappa shape index (κ2) is 9.32. The summed E-state index contributed by atoms with van der Waals surface area (Å²) in [6, 6.07) is 6.27. The molecule has 9 nitrogen and oxygen atoms in total. The van der Waals surface area contributed by atoms with Crippen molar-refractivity contribution in [1.29, 1.82) is 0 Å². The number of halogens is 3. The van der Waals surface area contributed by atoms with Crippen molar-refractivity contribution in [2.45, 2.75) is 37.5 Å². The fourth-order valence-electron chi connectivity index (χ4n) is 5.00. The second-order valence-electron chi connectivity index (χ2n) is 9.28. The average molecular weight is 557 g/mol. The van der Waals surface area contributed by atoms with Gasteiger partial charge >= 0.3 is 0 Å². The van der Waals surface area contributed by atoms with Crippen molar-refractivity contribution in [2.75, 3.05) is 18.4 Å². The van der Waals surface area contributed by atoms with Crippen molar-refractivity contribution in [3.05, 3.63) is 47.1 Å². The molecule has 2 aliphatic rings. The van der Waals surface area contributed by atoms with Crippen LogP contribution in [-0.2, 0) is 4.79 Å². The highest BCUT2D eigenvalue weighted by molar-refractivity contribution is 9.10. The number of alkyl halides is 1. The van der Waals surface area contributed by atoms with Crippen LogP contribution in [0.4, 0.5) is 14.7 Å². The molecule has 0 unspecified atom stereocenters. The Bertz CT molecular complexity index is 1460. The monoisotopic (exact) mass is 556 g/mol. The van der Waals surface area contributed by atoms with Crippen LogP contribution in [0.25, 0.3) is 27.6 Å². The quantitative estimate of drug-likeness (QED) is 0.346. The third kappa shape index (κ3) is 4.28. The molecule has 4 aromatic rings. The van der Waals surface area contributed by atoms with E-state index in [0.29, 0.717) is 57.6 Å². The number of rotatable bonds is 5. The van der Waals surface area contributed by atoms with Crippen molar-refractivity contribution in [2.24, 2.45) is 5.92 Å². The summed E-state index contributed by atoms with van der Waals surface area (Å²) in [5.41, 5.74) is 1.32. The Morgan fingerprint density at radius 2 is 2.11 bits per heavy atom. The van der Waals surface area contributed by atoms with Gasteiger partial charge in [-0.3, -0.25) is 9.78 Å². The minimum atomic E-state index is -1.05. The van der Waals surface area contributed by atoms with E-state index < -0.39 is 18.0 Å². The SMILES string of the molecule is O=C(N[C@@H]1CNC[C@H]1F)[C@@H]1CC[C@@H](Nc2ncc3c(Br)nn(-c4cc(F)c5ncccc5c4)c3n2)C1. The Morgan fingerprint density at radius 1 is 1.22 bits per heavy atom. The summed E-state index contributed by atoms with van der Waals surface area (Å²) in [7, 11) is 0. The predicted octanol–water partition coefficient (Wildman–Crippen LogP) is 3.27. The Morgan fingerprint density at radius 3 is 2.94 bits per heavy atom. The van der Waals surface area contributed by atoms with Crippen molar-refractivity contribution in [3.8, 4) is 5.69 Å². The molecule has 3 N–H and O–H groups in total. The van der Waals surface area contributed by atoms with Crippen LogP contribution in [0.1, 0.15) is 19.3 Å². The van der Waals surface area contributed by atoms with E-state index in [1.165, 1.54) is 6.07 Å². The first kappa shape index (κ1) is 23.2. The van der Waals surface area contributed by atoms with Crippen molar-refractivity contribution in [3.63, 3.8) is 0 Å². The Kier molecular flexibility index (Phi) is 6.00. The van der Waals surface area contributed by atoms with Gasteiger partial charge in [-0.25, -0.2) is 18.4 Å². The van der Waals surface area contributed by atoms with Crippen LogP contribution in [0, 0.1) is 11.7 Å². The number of fused-ring (bicyclic) bond motifs is 2. The molecule has 0 radical (unpaired) electrons. The van der Waals surface area contributed by atoms with E-state index in [0.717, 1.165) is 6.42 Å². The lowest BCUT2D eigenvalue weighted by molar-refractivity contribution is -0.125. The molecule has 6 rings (SSSR count). The number of nitrogens with zero attached hydrogens (tertiary/aromatic N) is 5. The van der Waals surface area contributed by atoms with Crippen molar-refractivity contribution < 1.29 is 13.6 Å². The van der Waals surface area contributed by atoms with Gasteiger partial charge in [-0.1, -0.05) is 6.07 Å². The Labute approximate surface area is 213 Å². The topological polar surface area (TPSA) is 110 Å². The summed E-state index contributed by atoms with van der Waals surface area (Å²) in [6.45, 7) is 0.727. The van der Waals surface area contributed by atoms with E-state index in [1.807, 2.05) is 6.07 Å². The van der Waals surface area contributed by atoms with Gasteiger partial charge < -0.3 is 16.0 Å². The van der Waals surface area contributed by atoms with Crippen molar-refractivity contribution in [1.82, 2.24) is 35.4 Å². The highest BCUT2D eigenvalue weighted by atomic mass is 79.9. The zero-order chi connectivity index (χ0) is 24.8. The van der Waals surface area contributed by atoms with Crippen LogP contribution in [0.5, 0.6) is 0 Å². The van der Waals surface area contributed by atoms with Gasteiger partial charge in [0, 0.05) is 48.9 Å². The molecule has 4 heterocycles. The number of hydrogen-bond donors (Lipinski definition) is 3. The third-order valence-electron chi connectivity index (χ3n) is 6.87. The number of pyridine rings is 1. The van der Waals surface area contributed by atoms with Gasteiger partial charge in [0.25, 0.3) is 0 Å². The molecule has 1 saturated heterocycles. The molecule has 12 heteroatoms. The van der Waals surface area contributed by atoms with Crippen LogP contribution in [0.2, 0.25) is 0 Å². The van der Waals surface area contributed by atoms with Gasteiger partial charge in [0.2, 0.25) is 11.9 Å². The number of hydrogen-bond acceptors (Lipinski definition) is 7. The average Bonchev–Trinajstić information content (AvgIpc) is 3.59. The maximum absolute atomic E-state index is 14.7. The molecule has 4 atom stereocenters. The van der Waals surface area contributed by atoms with E-state index in [2.05, 4.69) is 51.9 Å². The molecular weight excluding hydrogens is 534 g/mol. The van der Waals surface area contributed by atoms with Gasteiger partial charge in [0.1, 0.15) is 16.3 Å². The molecule has 0 spiro atoms. The molecular formula is C24H23BrF2N8O. The highest BCUT2D eigenvalue weighted by Crippen LogP contribution is 2.30. The normalized spacial score (nSPS) is 24.0. The zero-order valence-corrected chi connectivity index (χ0v) is 20.7. The van der Waals surface area contributed by atoms with Crippen LogP contribution < -0.4 is 16.0 Å².